The number of halogens is 2. The van der Waals surface area contributed by atoms with Crippen LogP contribution >= 0.6 is 0 Å². The lowest BCUT2D eigenvalue weighted by molar-refractivity contribution is -0.124. The average Bonchev–Trinajstić information content (AvgIpc) is 3.93. The molecule has 2 aliphatic heterocycles. The highest BCUT2D eigenvalue weighted by Crippen LogP contribution is 2.45. The largest absolute Gasteiger partial charge is 0.370 e. The minimum atomic E-state index is -0.719. The summed E-state index contributed by atoms with van der Waals surface area (Å²) in [6.07, 6.45) is 17.0. The molecule has 3 unspecified atom stereocenters. The first kappa shape index (κ1) is 35.6. The molecular weight excluding hydrogens is 692 g/mol. The van der Waals surface area contributed by atoms with Gasteiger partial charge in [0.05, 0.1) is 18.8 Å². The van der Waals surface area contributed by atoms with Gasteiger partial charge in [-0.3, -0.25) is 24.4 Å². The van der Waals surface area contributed by atoms with Gasteiger partial charge in [0, 0.05) is 65.4 Å². The van der Waals surface area contributed by atoms with Crippen molar-refractivity contribution in [3.8, 4) is 0 Å². The topological polar surface area (TPSA) is 147 Å². The van der Waals surface area contributed by atoms with Gasteiger partial charge in [-0.15, -0.1) is 0 Å². The highest BCUT2D eigenvalue weighted by atomic mass is 19.1. The molecule has 2 saturated carbocycles. The number of aromatic nitrogens is 5. The van der Waals surface area contributed by atoms with Gasteiger partial charge in [-0.2, -0.15) is 14.7 Å². The Hall–Kier alpha value is -5.40. The lowest BCUT2D eigenvalue weighted by atomic mass is 9.94. The molecule has 4 N–H and O–H groups in total. The Morgan fingerprint density at radius 1 is 0.981 bits per heavy atom. The van der Waals surface area contributed by atoms with Crippen molar-refractivity contribution in [2.75, 3.05) is 23.7 Å². The number of carbonyl (C=O) groups excluding carboxylic acids is 3. The second kappa shape index (κ2) is 15.2. The summed E-state index contributed by atoms with van der Waals surface area (Å²) >= 11 is 0. The summed E-state index contributed by atoms with van der Waals surface area (Å²) in [5.41, 5.74) is 4.53. The van der Waals surface area contributed by atoms with E-state index in [-0.39, 0.29) is 23.9 Å². The number of hydrogen-bond donors (Lipinski definition) is 4. The molecular formula is C40H45F2N9O3. The molecule has 282 valence electrons. The molecule has 54 heavy (non-hydrogen) atoms. The minimum Gasteiger partial charge on any atom is -0.370 e. The van der Waals surface area contributed by atoms with Gasteiger partial charge in [-0.05, 0) is 80.1 Å². The van der Waals surface area contributed by atoms with Crippen LogP contribution in [0.15, 0.2) is 47.8 Å². The van der Waals surface area contributed by atoms with Crippen molar-refractivity contribution in [3.05, 3.63) is 76.3 Å². The smallest absolute Gasteiger partial charge is 0.254 e. The van der Waals surface area contributed by atoms with E-state index < -0.39 is 17.5 Å². The summed E-state index contributed by atoms with van der Waals surface area (Å²) in [7, 11) is 0. The number of rotatable bonds is 16. The zero-order valence-electron chi connectivity index (χ0n) is 30.3. The minimum absolute atomic E-state index is 0.0176. The maximum Gasteiger partial charge on any atom is 0.254 e. The first-order valence-corrected chi connectivity index (χ1v) is 19.1. The van der Waals surface area contributed by atoms with Crippen LogP contribution in [-0.4, -0.2) is 55.2 Å². The zero-order valence-corrected chi connectivity index (χ0v) is 30.3. The highest BCUT2D eigenvalue weighted by Gasteiger charge is 2.39. The molecule has 3 amide bonds. The molecule has 4 aromatic rings. The standard InChI is InChI=1S/C40H45F2N9O3/c1-2-3-34-29(11-25-8-9-43-39(25)53)20-45-50(34)22-24(7-6-23-4-5-23)10-26-12-28(26)19-44-36-18-35(47-33-16-31(41)15-32(42)17-33)48-38-30(21-46-51(36)38)13-27-14-37(52)49-40(27)54/h11,13,15-18,20-21,23-24,26,28,44H,2-10,12,14,19,22H2,1H3,(H,43,53)(H,47,48)(H,49,52,54). The second-order valence-electron chi connectivity index (χ2n) is 15.3. The van der Waals surface area contributed by atoms with E-state index in [1.807, 2.05) is 12.3 Å². The van der Waals surface area contributed by atoms with Gasteiger partial charge in [0.1, 0.15) is 23.3 Å². The molecule has 2 saturated heterocycles. The van der Waals surface area contributed by atoms with E-state index >= 15 is 0 Å². The predicted octanol–water partition coefficient (Wildman–Crippen LogP) is 6.18. The lowest BCUT2D eigenvalue weighted by Gasteiger charge is -2.19. The molecule has 14 heteroatoms. The molecule has 3 atom stereocenters. The van der Waals surface area contributed by atoms with Crippen molar-refractivity contribution in [3.63, 3.8) is 0 Å². The highest BCUT2D eigenvalue weighted by molar-refractivity contribution is 6.15. The maximum absolute atomic E-state index is 14.1. The Balaban J connectivity index is 0.987. The SMILES string of the molecule is CCCc1c(C=C2CCNC2=O)cnn1CC(CCC1CC1)CC1CC1CNc1cc(Nc2cc(F)cc(F)c2)nc2c(C=C3CC(=O)NC3=O)cnn12. The molecule has 0 spiro atoms. The average molecular weight is 738 g/mol. The Bertz CT molecular complexity index is 2150. The third-order valence-electron chi connectivity index (χ3n) is 11.0. The summed E-state index contributed by atoms with van der Waals surface area (Å²) in [5.74, 6) is 1.05. The Labute approximate surface area is 311 Å². The molecule has 4 aliphatic rings. The number of anilines is 3. The van der Waals surface area contributed by atoms with E-state index in [1.165, 1.54) is 43.5 Å². The first-order chi connectivity index (χ1) is 26.2. The first-order valence-electron chi connectivity index (χ1n) is 19.1. The second-order valence-corrected chi connectivity index (χ2v) is 15.3. The third-order valence-corrected chi connectivity index (χ3v) is 11.0. The van der Waals surface area contributed by atoms with Crippen molar-refractivity contribution < 1.29 is 23.2 Å². The number of amides is 3. The fourth-order valence-corrected chi connectivity index (χ4v) is 7.85. The summed E-state index contributed by atoms with van der Waals surface area (Å²) in [6, 6.07) is 4.92. The van der Waals surface area contributed by atoms with E-state index in [9.17, 15) is 23.2 Å². The molecule has 1 aromatic carbocycles. The molecule has 0 radical (unpaired) electrons. The molecule has 12 nitrogen and oxygen atoms in total. The summed E-state index contributed by atoms with van der Waals surface area (Å²) in [5, 5.41) is 21.2. The number of nitrogens with one attached hydrogen (secondary N) is 4. The van der Waals surface area contributed by atoms with E-state index in [4.69, 9.17) is 5.10 Å². The Morgan fingerprint density at radius 2 is 1.78 bits per heavy atom. The van der Waals surface area contributed by atoms with E-state index in [0.717, 1.165) is 61.8 Å². The zero-order chi connectivity index (χ0) is 37.3. The molecule has 3 aromatic heterocycles. The van der Waals surface area contributed by atoms with Crippen molar-refractivity contribution >= 4 is 52.8 Å². The van der Waals surface area contributed by atoms with E-state index in [0.29, 0.717) is 59.3 Å². The van der Waals surface area contributed by atoms with Gasteiger partial charge in [-0.25, -0.2) is 13.8 Å². The van der Waals surface area contributed by atoms with E-state index in [1.54, 1.807) is 22.9 Å². The normalized spacial score (nSPS) is 21.6. The fourth-order valence-electron chi connectivity index (χ4n) is 7.85. The summed E-state index contributed by atoms with van der Waals surface area (Å²) < 4.78 is 31.9. The number of fused-ring (bicyclic) bond motifs is 1. The van der Waals surface area contributed by atoms with Crippen molar-refractivity contribution in [2.45, 2.75) is 77.7 Å². The van der Waals surface area contributed by atoms with Crippen LogP contribution in [-0.2, 0) is 27.3 Å². The number of nitrogens with zero attached hydrogens (tertiary/aromatic N) is 5. The van der Waals surface area contributed by atoms with Gasteiger partial charge in [0.15, 0.2) is 5.65 Å². The van der Waals surface area contributed by atoms with Crippen LogP contribution in [0.4, 0.5) is 26.1 Å². The number of benzene rings is 1. The summed E-state index contributed by atoms with van der Waals surface area (Å²) in [6.45, 7) is 4.43. The monoisotopic (exact) mass is 737 g/mol. The van der Waals surface area contributed by atoms with Crippen molar-refractivity contribution in [2.24, 2.45) is 23.7 Å². The van der Waals surface area contributed by atoms with Gasteiger partial charge in [0.25, 0.3) is 5.91 Å². The van der Waals surface area contributed by atoms with Gasteiger partial charge in [-0.1, -0.05) is 32.6 Å². The van der Waals surface area contributed by atoms with Crippen molar-refractivity contribution in [1.29, 1.82) is 0 Å². The number of carbonyl (C=O) groups is 3. The molecule has 0 bridgehead atoms. The Morgan fingerprint density at radius 3 is 2.50 bits per heavy atom. The van der Waals surface area contributed by atoms with Gasteiger partial charge in [0.2, 0.25) is 11.8 Å². The van der Waals surface area contributed by atoms with Gasteiger partial charge >= 0.3 is 0 Å². The number of hydrogen-bond acceptors (Lipinski definition) is 8. The number of imide groups is 1. The molecule has 8 rings (SSSR count). The van der Waals surface area contributed by atoms with Gasteiger partial charge < -0.3 is 16.0 Å². The van der Waals surface area contributed by atoms with Crippen LogP contribution in [0, 0.1) is 35.3 Å². The quantitative estimate of drug-likeness (QED) is 0.0788. The van der Waals surface area contributed by atoms with Crippen LogP contribution in [0.25, 0.3) is 17.8 Å². The molecule has 4 fully saturated rings. The van der Waals surface area contributed by atoms with Crippen LogP contribution in [0.1, 0.15) is 81.5 Å². The Kier molecular flexibility index (Phi) is 9.99. The molecule has 5 heterocycles. The molecule has 2 aliphatic carbocycles. The van der Waals surface area contributed by atoms with Crippen LogP contribution in [0.2, 0.25) is 0 Å². The summed E-state index contributed by atoms with van der Waals surface area (Å²) in [4.78, 5) is 41.1. The fraction of sp³-hybridized carbons (Fsp3) is 0.450. The van der Waals surface area contributed by atoms with Crippen LogP contribution < -0.4 is 21.3 Å². The van der Waals surface area contributed by atoms with Crippen molar-refractivity contribution in [1.82, 2.24) is 35.0 Å². The van der Waals surface area contributed by atoms with Crippen LogP contribution in [0.3, 0.4) is 0 Å². The lowest BCUT2D eigenvalue weighted by Crippen LogP contribution is -2.19. The third kappa shape index (κ3) is 8.22. The van der Waals surface area contributed by atoms with E-state index in [2.05, 4.69) is 43.0 Å². The van der Waals surface area contributed by atoms with Crippen LogP contribution in [0.5, 0.6) is 0 Å². The maximum atomic E-state index is 14.1. The predicted molar refractivity (Wildman–Crippen MR) is 200 cm³/mol.